The minimum atomic E-state index is -0.996. The Morgan fingerprint density at radius 1 is 0.640 bits per heavy atom. The third-order valence-electron chi connectivity index (χ3n) is 5.12. The van der Waals surface area contributed by atoms with Crippen molar-refractivity contribution in [1.82, 2.24) is 0 Å². The van der Waals surface area contributed by atoms with Gasteiger partial charge in [-0.2, -0.15) is 0 Å². The van der Waals surface area contributed by atoms with E-state index >= 15 is 0 Å². The summed E-state index contributed by atoms with van der Waals surface area (Å²) >= 11 is 0. The Balaban J connectivity index is 2.25. The zero-order valence-electron chi connectivity index (χ0n) is 16.3. The summed E-state index contributed by atoms with van der Waals surface area (Å²) in [5.74, 6) is 0. The van der Waals surface area contributed by atoms with Crippen molar-refractivity contribution in [3.8, 4) is 0 Å². The van der Waals surface area contributed by atoms with Crippen LogP contribution in [0.2, 0.25) is 0 Å². The molecule has 1 N–H and O–H groups in total. The van der Waals surface area contributed by atoms with Crippen molar-refractivity contribution in [2.75, 3.05) is 36.0 Å². The van der Waals surface area contributed by atoms with Crippen molar-refractivity contribution < 1.29 is 5.11 Å². The highest BCUT2D eigenvalue weighted by Crippen LogP contribution is 2.31. The minimum Gasteiger partial charge on any atom is -0.381 e. The van der Waals surface area contributed by atoms with E-state index in [1.807, 2.05) is 31.2 Å². The summed E-state index contributed by atoms with van der Waals surface area (Å²) in [4.78, 5) is 4.61. The molecule has 0 atom stereocenters. The van der Waals surface area contributed by atoms with E-state index < -0.39 is 5.60 Å². The molecule has 2 rings (SSSR count). The molecule has 0 heterocycles. The minimum absolute atomic E-state index is 0.916. The van der Waals surface area contributed by atoms with Crippen LogP contribution in [0, 0.1) is 0 Å². The van der Waals surface area contributed by atoms with Gasteiger partial charge in [0.25, 0.3) is 0 Å². The lowest BCUT2D eigenvalue weighted by Crippen LogP contribution is -2.25. The Bertz CT molecular complexity index is 581. The molecule has 0 aliphatic carbocycles. The lowest BCUT2D eigenvalue weighted by Gasteiger charge is -2.27. The quantitative estimate of drug-likeness (QED) is 0.759. The number of rotatable bonds is 8. The highest BCUT2D eigenvalue weighted by molar-refractivity contribution is 5.52. The fraction of sp³-hybridized carbons (Fsp3) is 0.455. The van der Waals surface area contributed by atoms with Crippen LogP contribution in [0.5, 0.6) is 0 Å². The van der Waals surface area contributed by atoms with Gasteiger partial charge in [-0.25, -0.2) is 0 Å². The first-order chi connectivity index (χ1) is 12.0. The number of hydrogen-bond acceptors (Lipinski definition) is 3. The third kappa shape index (κ3) is 4.16. The predicted octanol–water partition coefficient (Wildman–Crippen LogP) is 4.63. The van der Waals surface area contributed by atoms with E-state index in [1.165, 1.54) is 11.4 Å². The standard InChI is InChI=1S/C22H32N2O/c1-6-23(7-2)20-14-10-18(11-15-20)22(5,25)19-12-16-21(17-13-19)24(8-3)9-4/h10-17,25H,6-9H2,1-5H3. The van der Waals surface area contributed by atoms with Crippen LogP contribution in [0.4, 0.5) is 11.4 Å². The summed E-state index contributed by atoms with van der Waals surface area (Å²) < 4.78 is 0. The fourth-order valence-corrected chi connectivity index (χ4v) is 3.34. The van der Waals surface area contributed by atoms with E-state index in [2.05, 4.69) is 61.8 Å². The van der Waals surface area contributed by atoms with Crippen molar-refractivity contribution in [2.24, 2.45) is 0 Å². The largest absolute Gasteiger partial charge is 0.381 e. The van der Waals surface area contributed by atoms with Crippen LogP contribution in [-0.4, -0.2) is 31.3 Å². The van der Waals surface area contributed by atoms with Gasteiger partial charge in [0.05, 0.1) is 0 Å². The van der Waals surface area contributed by atoms with E-state index in [4.69, 9.17) is 0 Å². The Morgan fingerprint density at radius 2 is 0.920 bits per heavy atom. The molecule has 136 valence electrons. The highest BCUT2D eigenvalue weighted by Gasteiger charge is 2.25. The van der Waals surface area contributed by atoms with Crippen molar-refractivity contribution in [2.45, 2.75) is 40.2 Å². The average molecular weight is 341 g/mol. The maximum Gasteiger partial charge on any atom is 0.112 e. The molecule has 0 saturated heterocycles. The first-order valence-corrected chi connectivity index (χ1v) is 9.41. The van der Waals surface area contributed by atoms with Crippen molar-refractivity contribution in [1.29, 1.82) is 0 Å². The molecule has 0 fully saturated rings. The second-order valence-corrected chi connectivity index (χ2v) is 6.51. The van der Waals surface area contributed by atoms with E-state index in [0.717, 1.165) is 37.3 Å². The molecule has 0 aliphatic rings. The lowest BCUT2D eigenvalue weighted by atomic mass is 9.88. The molecule has 0 bridgehead atoms. The lowest BCUT2D eigenvalue weighted by molar-refractivity contribution is 0.102. The van der Waals surface area contributed by atoms with Gasteiger partial charge in [-0.1, -0.05) is 24.3 Å². The van der Waals surface area contributed by atoms with E-state index in [0.29, 0.717) is 0 Å². The van der Waals surface area contributed by atoms with Crippen LogP contribution in [0.3, 0.4) is 0 Å². The van der Waals surface area contributed by atoms with Gasteiger partial charge in [-0.05, 0) is 70.0 Å². The molecule has 0 radical (unpaired) electrons. The van der Waals surface area contributed by atoms with Gasteiger partial charge in [-0.15, -0.1) is 0 Å². The molecule has 0 saturated carbocycles. The van der Waals surface area contributed by atoms with Gasteiger partial charge in [-0.3, -0.25) is 0 Å². The second-order valence-electron chi connectivity index (χ2n) is 6.51. The SMILES string of the molecule is CCN(CC)c1ccc(C(C)(O)c2ccc(N(CC)CC)cc2)cc1. The molecule has 0 spiro atoms. The van der Waals surface area contributed by atoms with Crippen LogP contribution >= 0.6 is 0 Å². The van der Waals surface area contributed by atoms with Gasteiger partial charge in [0.2, 0.25) is 0 Å². The Hall–Kier alpha value is -2.00. The van der Waals surface area contributed by atoms with Crippen molar-refractivity contribution >= 4 is 11.4 Å². The first kappa shape index (κ1) is 19.3. The Morgan fingerprint density at radius 3 is 1.16 bits per heavy atom. The monoisotopic (exact) mass is 340 g/mol. The van der Waals surface area contributed by atoms with Gasteiger partial charge in [0.15, 0.2) is 0 Å². The van der Waals surface area contributed by atoms with Crippen molar-refractivity contribution in [3.05, 3.63) is 59.7 Å². The third-order valence-corrected chi connectivity index (χ3v) is 5.12. The molecule has 25 heavy (non-hydrogen) atoms. The fourth-order valence-electron chi connectivity index (χ4n) is 3.34. The second kappa shape index (κ2) is 8.39. The summed E-state index contributed by atoms with van der Waals surface area (Å²) in [6.45, 7) is 14.4. The number of anilines is 2. The molecular weight excluding hydrogens is 308 g/mol. The van der Waals surface area contributed by atoms with Crippen LogP contribution < -0.4 is 9.80 Å². The normalized spacial score (nSPS) is 11.4. The predicted molar refractivity (Wildman–Crippen MR) is 109 cm³/mol. The van der Waals surface area contributed by atoms with Gasteiger partial charge in [0.1, 0.15) is 5.60 Å². The number of nitrogens with zero attached hydrogens (tertiary/aromatic N) is 2. The van der Waals surface area contributed by atoms with E-state index in [-0.39, 0.29) is 0 Å². The van der Waals surface area contributed by atoms with E-state index in [9.17, 15) is 5.11 Å². The number of hydrogen-bond donors (Lipinski definition) is 1. The van der Waals surface area contributed by atoms with E-state index in [1.54, 1.807) is 0 Å². The smallest absolute Gasteiger partial charge is 0.112 e. The topological polar surface area (TPSA) is 26.7 Å². The molecule has 0 aliphatic heterocycles. The maximum atomic E-state index is 11.1. The van der Waals surface area contributed by atoms with Crippen LogP contribution in [0.25, 0.3) is 0 Å². The van der Waals surface area contributed by atoms with Gasteiger partial charge >= 0.3 is 0 Å². The zero-order chi connectivity index (χ0) is 18.4. The highest BCUT2D eigenvalue weighted by atomic mass is 16.3. The maximum absolute atomic E-state index is 11.1. The number of benzene rings is 2. The van der Waals surface area contributed by atoms with Crippen LogP contribution in [0.1, 0.15) is 45.7 Å². The summed E-state index contributed by atoms with van der Waals surface area (Å²) in [6, 6.07) is 16.5. The molecular formula is C22H32N2O. The average Bonchev–Trinajstić information content (AvgIpc) is 2.65. The molecule has 0 amide bonds. The molecule has 2 aromatic carbocycles. The van der Waals surface area contributed by atoms with Crippen LogP contribution in [-0.2, 0) is 5.60 Å². The summed E-state index contributed by atoms with van der Waals surface area (Å²) in [7, 11) is 0. The summed E-state index contributed by atoms with van der Waals surface area (Å²) in [5, 5.41) is 11.1. The first-order valence-electron chi connectivity index (χ1n) is 9.41. The van der Waals surface area contributed by atoms with Crippen molar-refractivity contribution in [3.63, 3.8) is 0 Å². The Kier molecular flexibility index (Phi) is 6.49. The summed E-state index contributed by atoms with van der Waals surface area (Å²) in [6.07, 6.45) is 0. The van der Waals surface area contributed by atoms with Gasteiger partial charge in [0, 0.05) is 37.6 Å². The molecule has 0 aromatic heterocycles. The zero-order valence-corrected chi connectivity index (χ0v) is 16.3. The molecule has 2 aromatic rings. The Labute approximate surface area is 152 Å². The molecule has 0 unspecified atom stereocenters. The molecule has 3 heteroatoms. The van der Waals surface area contributed by atoms with Crippen LogP contribution in [0.15, 0.2) is 48.5 Å². The number of aliphatic hydroxyl groups is 1. The summed E-state index contributed by atoms with van der Waals surface area (Å²) in [5.41, 5.74) is 3.23. The van der Waals surface area contributed by atoms with Gasteiger partial charge < -0.3 is 14.9 Å². The molecule has 3 nitrogen and oxygen atoms in total.